The number of rotatable bonds is 11. The van der Waals surface area contributed by atoms with Gasteiger partial charge in [0.2, 0.25) is 11.1 Å². The second-order valence-corrected chi connectivity index (χ2v) is 19.2. The molecule has 340 valence electrons. The van der Waals surface area contributed by atoms with Crippen LogP contribution in [0.1, 0.15) is 108 Å². The number of benzene rings is 3. The Morgan fingerprint density at radius 1 is 0.625 bits per heavy atom. The Balaban J connectivity index is 1.32. The molecule has 10 rings (SSSR count). The maximum absolute atomic E-state index is 14.9. The first-order valence-corrected chi connectivity index (χ1v) is 22.1. The van der Waals surface area contributed by atoms with Crippen molar-refractivity contribution in [3.63, 3.8) is 0 Å². The molecule has 3 aromatic rings. The average molecular weight is 880 g/mol. The average Bonchev–Trinajstić information content (AvgIpc) is 3.99. The lowest BCUT2D eigenvalue weighted by Gasteiger charge is -2.59. The first kappa shape index (κ1) is 44.7. The summed E-state index contributed by atoms with van der Waals surface area (Å²) in [7, 11) is 0. The van der Waals surface area contributed by atoms with E-state index in [1.807, 2.05) is 79.1 Å². The van der Waals surface area contributed by atoms with Crippen molar-refractivity contribution in [1.82, 2.24) is 9.80 Å². The van der Waals surface area contributed by atoms with E-state index in [1.54, 1.807) is 26.0 Å². The van der Waals surface area contributed by atoms with Gasteiger partial charge < -0.3 is 37.3 Å². The van der Waals surface area contributed by atoms with Crippen LogP contribution >= 0.6 is 0 Å². The maximum atomic E-state index is 14.9. The zero-order valence-corrected chi connectivity index (χ0v) is 37.1. The van der Waals surface area contributed by atoms with Gasteiger partial charge in [0.15, 0.2) is 0 Å². The van der Waals surface area contributed by atoms with Crippen LogP contribution in [0.2, 0.25) is 0 Å². The molecule has 0 spiro atoms. The molecular formula is C48H58FN7O8. The molecule has 3 aliphatic heterocycles. The highest BCUT2D eigenvalue weighted by Crippen LogP contribution is 2.60. The van der Waals surface area contributed by atoms with Crippen LogP contribution in [0.3, 0.4) is 0 Å². The molecule has 8 N–H and O–H groups in total. The summed E-state index contributed by atoms with van der Waals surface area (Å²) < 4.78 is 25.4. The third kappa shape index (κ3) is 5.76. The van der Waals surface area contributed by atoms with Crippen LogP contribution in [0, 0.1) is 11.7 Å². The Morgan fingerprint density at radius 2 is 1.06 bits per heavy atom. The number of hydrogen-bond acceptors (Lipinski definition) is 11. The Labute approximate surface area is 371 Å². The zero-order valence-electron chi connectivity index (χ0n) is 37.1. The predicted octanol–water partition coefficient (Wildman–Crippen LogP) is 4.57. The molecule has 0 radical (unpaired) electrons. The standard InChI is InChI=1S/C48H58FN7O8/c1-26-25-36(35-9-7-23-54(35)47(38(50)57,40(59)63-42(52)61)44(4)27(2)29-11-15-31(44)16-12-29)56(34-21-19-33(49)20-22-34)46(26,6)37-10-8-24-55(37)48(39(51)58,41(60)64-43(53)62)45(5)28(3)30-13-17-32(45)18-14-30/h11-22,26-28,35-37H,7-10,23-25H2,1-6H3,(H2,50,57)(H2,51,58)(H2,52,61)(H2,53,62)/t26?,27?,28?,35?,36?,37?,44-,45-,46-,47+,48+/m1/s1. The summed E-state index contributed by atoms with van der Waals surface area (Å²) >= 11 is 0. The van der Waals surface area contributed by atoms with Crippen molar-refractivity contribution in [2.24, 2.45) is 28.9 Å². The minimum absolute atomic E-state index is 0.206. The Morgan fingerprint density at radius 3 is 1.50 bits per heavy atom. The molecular weight excluding hydrogens is 822 g/mol. The second kappa shape index (κ2) is 15.4. The molecule has 15 nitrogen and oxygen atoms in total. The van der Waals surface area contributed by atoms with E-state index in [0.29, 0.717) is 48.9 Å². The molecule has 4 aliphatic carbocycles. The van der Waals surface area contributed by atoms with Crippen molar-refractivity contribution in [2.45, 2.75) is 131 Å². The summed E-state index contributed by atoms with van der Waals surface area (Å²) in [6.07, 6.45) is -0.339. The van der Waals surface area contributed by atoms with Gasteiger partial charge in [-0.15, -0.1) is 0 Å². The summed E-state index contributed by atoms with van der Waals surface area (Å²) in [5.74, 6) is -6.01. The number of nitrogens with zero attached hydrogens (tertiary/aromatic N) is 3. The van der Waals surface area contributed by atoms with Crippen molar-refractivity contribution < 1.29 is 42.6 Å². The number of nitrogens with two attached hydrogens (primary N) is 4. The minimum Gasteiger partial charge on any atom is -0.375 e. The van der Waals surface area contributed by atoms with Gasteiger partial charge in [-0.3, -0.25) is 19.4 Å². The van der Waals surface area contributed by atoms with Gasteiger partial charge in [0, 0.05) is 47.7 Å². The fourth-order valence-electron chi connectivity index (χ4n) is 13.6. The molecule has 0 aromatic heterocycles. The number of anilines is 1. The number of fused-ring (bicyclic) bond motifs is 6. The Hall–Kier alpha value is -5.87. The summed E-state index contributed by atoms with van der Waals surface area (Å²) in [6, 6.07) is 19.3. The zero-order chi connectivity index (χ0) is 46.5. The summed E-state index contributed by atoms with van der Waals surface area (Å²) in [6.45, 7) is 12.0. The lowest BCUT2D eigenvalue weighted by molar-refractivity contribution is -0.168. The predicted molar refractivity (Wildman–Crippen MR) is 234 cm³/mol. The van der Waals surface area contributed by atoms with Gasteiger partial charge in [-0.2, -0.15) is 0 Å². The number of carbonyl (C=O) groups is 6. The number of primary amides is 4. The highest BCUT2D eigenvalue weighted by molar-refractivity contribution is 6.12. The van der Waals surface area contributed by atoms with Crippen molar-refractivity contribution in [3.05, 3.63) is 101 Å². The largest absolute Gasteiger partial charge is 0.412 e. The molecule has 3 heterocycles. The molecule has 6 unspecified atom stereocenters. The molecule has 11 atom stereocenters. The first-order chi connectivity index (χ1) is 30.2. The van der Waals surface area contributed by atoms with Gasteiger partial charge in [0.1, 0.15) is 5.82 Å². The van der Waals surface area contributed by atoms with Crippen LogP contribution in [-0.4, -0.2) is 93.6 Å². The van der Waals surface area contributed by atoms with E-state index < -0.39 is 99.2 Å². The molecule has 4 bridgehead atoms. The first-order valence-electron chi connectivity index (χ1n) is 22.1. The molecule has 3 fully saturated rings. The number of likely N-dealkylation sites (tertiary alicyclic amines) is 2. The summed E-state index contributed by atoms with van der Waals surface area (Å²) in [5, 5.41) is 0. The van der Waals surface area contributed by atoms with E-state index in [4.69, 9.17) is 32.4 Å². The van der Waals surface area contributed by atoms with Crippen LogP contribution in [0.15, 0.2) is 72.8 Å². The lowest BCUT2D eigenvalue weighted by atomic mass is 9.54. The normalized spacial score (nSPS) is 32.8. The molecule has 3 saturated heterocycles. The van der Waals surface area contributed by atoms with Gasteiger partial charge in [-0.05, 0) is 103 Å². The van der Waals surface area contributed by atoms with Crippen molar-refractivity contribution >= 4 is 41.6 Å². The highest BCUT2D eigenvalue weighted by Gasteiger charge is 2.73. The molecule has 7 aliphatic rings. The molecule has 64 heavy (non-hydrogen) atoms. The van der Waals surface area contributed by atoms with Gasteiger partial charge in [-0.1, -0.05) is 83.1 Å². The number of hydrogen-bond donors (Lipinski definition) is 4. The van der Waals surface area contributed by atoms with E-state index in [2.05, 4.69) is 11.8 Å². The number of amides is 4. The topological polar surface area (TPSA) is 235 Å². The Bertz CT molecular complexity index is 2420. The third-order valence-corrected chi connectivity index (χ3v) is 17.0. The van der Waals surface area contributed by atoms with E-state index in [9.17, 15) is 33.2 Å². The van der Waals surface area contributed by atoms with E-state index in [0.717, 1.165) is 11.1 Å². The number of esters is 2. The van der Waals surface area contributed by atoms with Gasteiger partial charge in [0.05, 0.1) is 5.54 Å². The number of ether oxygens (including phenoxy) is 2. The van der Waals surface area contributed by atoms with Gasteiger partial charge in [-0.25, -0.2) is 23.6 Å². The molecule has 3 aromatic carbocycles. The monoisotopic (exact) mass is 879 g/mol. The summed E-state index contributed by atoms with van der Waals surface area (Å²) in [4.78, 5) is 89.8. The third-order valence-electron chi connectivity index (χ3n) is 17.0. The molecule has 16 heteroatoms. The minimum atomic E-state index is -2.27. The SMILES string of the molecule is CC1CC(C2CCCN2[C@@](C(N)=O)(C(=O)OC(N)=O)[C@@]2(C)c3ccc(cc3)C2C)N(c2ccc(F)cc2)[C@@]1(C)C1CCCN1[C@@](C(N)=O)(C(=O)OC(N)=O)[C@@]1(C)c2ccc(cc2)C1C. The van der Waals surface area contributed by atoms with E-state index in [-0.39, 0.29) is 19.0 Å². The number of carbonyl (C=O) groups excluding carboxylic acids is 6. The van der Waals surface area contributed by atoms with Crippen molar-refractivity contribution in [1.29, 1.82) is 0 Å². The molecule has 0 saturated carbocycles. The number of halogens is 1. The maximum Gasteiger partial charge on any atom is 0.412 e. The highest BCUT2D eigenvalue weighted by atomic mass is 19.1. The quantitative estimate of drug-likeness (QED) is 0.154. The lowest BCUT2D eigenvalue weighted by Crippen LogP contribution is -2.78. The van der Waals surface area contributed by atoms with Crippen LogP contribution < -0.4 is 27.8 Å². The van der Waals surface area contributed by atoms with Gasteiger partial charge >= 0.3 is 24.1 Å². The van der Waals surface area contributed by atoms with E-state index >= 15 is 0 Å². The van der Waals surface area contributed by atoms with Gasteiger partial charge in [0.25, 0.3) is 11.8 Å². The Kier molecular flexibility index (Phi) is 10.8. The van der Waals surface area contributed by atoms with Crippen LogP contribution in [-0.2, 0) is 39.5 Å². The smallest absolute Gasteiger partial charge is 0.375 e. The molecule has 4 amide bonds. The van der Waals surface area contributed by atoms with Crippen molar-refractivity contribution in [3.8, 4) is 0 Å². The fraction of sp³-hybridized carbons (Fsp3) is 0.500. The summed E-state index contributed by atoms with van der Waals surface area (Å²) in [5.41, 5.74) is 19.5. The van der Waals surface area contributed by atoms with Crippen LogP contribution in [0.4, 0.5) is 19.7 Å². The van der Waals surface area contributed by atoms with Crippen molar-refractivity contribution in [2.75, 3.05) is 18.0 Å². The van der Waals surface area contributed by atoms with Crippen LogP contribution in [0.25, 0.3) is 0 Å². The van der Waals surface area contributed by atoms with Crippen LogP contribution in [0.5, 0.6) is 0 Å². The fourth-order valence-corrected chi connectivity index (χ4v) is 13.6. The van der Waals surface area contributed by atoms with E-state index in [1.165, 1.54) is 12.1 Å². The second-order valence-electron chi connectivity index (χ2n) is 19.2.